The first kappa shape index (κ1) is 22.4. The van der Waals surface area contributed by atoms with Crippen molar-refractivity contribution < 1.29 is 19.7 Å². The van der Waals surface area contributed by atoms with Gasteiger partial charge in [0.25, 0.3) is 0 Å². The molecule has 2 N–H and O–H groups in total. The van der Waals surface area contributed by atoms with Crippen LogP contribution in [0.5, 0.6) is 11.5 Å². The molecule has 7 atom stereocenters. The second-order valence-corrected chi connectivity index (χ2v) is 12.7. The Morgan fingerprint density at radius 2 is 1.89 bits per heavy atom. The van der Waals surface area contributed by atoms with E-state index in [0.717, 1.165) is 55.9 Å². The number of aromatic hydroxyl groups is 1. The molecule has 2 aromatic rings. The van der Waals surface area contributed by atoms with Crippen LogP contribution in [0.1, 0.15) is 48.8 Å². The van der Waals surface area contributed by atoms with Gasteiger partial charge in [0.15, 0.2) is 11.5 Å². The van der Waals surface area contributed by atoms with Gasteiger partial charge in [0.05, 0.1) is 17.1 Å². The molecule has 8 rings (SSSR count). The van der Waals surface area contributed by atoms with Gasteiger partial charge in [-0.3, -0.25) is 9.69 Å². The Morgan fingerprint density at radius 1 is 1.08 bits per heavy atom. The zero-order chi connectivity index (χ0) is 25.1. The third-order valence-corrected chi connectivity index (χ3v) is 10.9. The van der Waals surface area contributed by atoms with Crippen LogP contribution in [0.3, 0.4) is 0 Å². The number of likely N-dealkylation sites (tertiary alicyclic amines) is 2. The highest BCUT2D eigenvalue weighted by Crippen LogP contribution is 2.73. The molecular weight excluding hydrogens is 464 g/mol. The minimum absolute atomic E-state index is 0.00930. The number of phenolic OH excluding ortho intramolecular Hbond substituents is 1. The van der Waals surface area contributed by atoms with Gasteiger partial charge in [0.2, 0.25) is 5.91 Å². The molecule has 0 aromatic heterocycles. The van der Waals surface area contributed by atoms with E-state index in [1.807, 2.05) is 24.3 Å². The Balaban J connectivity index is 1.15. The molecule has 2 saturated heterocycles. The van der Waals surface area contributed by atoms with Crippen molar-refractivity contribution in [3.63, 3.8) is 0 Å². The zero-order valence-corrected chi connectivity index (χ0v) is 21.5. The monoisotopic (exact) mass is 500 g/mol. The first-order valence-electron chi connectivity index (χ1n) is 14.2. The predicted octanol–water partition coefficient (Wildman–Crippen LogP) is 3.41. The van der Waals surface area contributed by atoms with E-state index < -0.39 is 11.0 Å². The standard InChI is InChI=1S/C31H36N2O4/c1-18-7-10-24(34)26-25(18)31-22-17-32(16-20-8-9-20)27(22)30(31,36)13-11-23(28(31)37-26)33-14-12-21(29(33)35)15-19-5-3-2-4-6-19/h2-7,10,20-23,27-28,34,36H,8-9,11-17H2,1H3/t21?,22?,23-,27+,28-,30+,31-/m0/s1. The highest BCUT2D eigenvalue weighted by atomic mass is 16.5. The second-order valence-electron chi connectivity index (χ2n) is 12.7. The molecule has 1 amide bonds. The molecule has 37 heavy (non-hydrogen) atoms. The van der Waals surface area contributed by atoms with Crippen LogP contribution in [0.25, 0.3) is 0 Å². The van der Waals surface area contributed by atoms with Crippen molar-refractivity contribution in [3.8, 4) is 11.5 Å². The van der Waals surface area contributed by atoms with Crippen molar-refractivity contribution >= 4 is 5.91 Å². The number of hydrogen-bond acceptors (Lipinski definition) is 5. The van der Waals surface area contributed by atoms with Crippen LogP contribution in [-0.2, 0) is 16.6 Å². The molecule has 6 heteroatoms. The van der Waals surface area contributed by atoms with Crippen molar-refractivity contribution in [2.24, 2.45) is 17.8 Å². The highest BCUT2D eigenvalue weighted by molar-refractivity contribution is 5.82. The topological polar surface area (TPSA) is 73.2 Å². The summed E-state index contributed by atoms with van der Waals surface area (Å²) < 4.78 is 6.70. The van der Waals surface area contributed by atoms with Crippen molar-refractivity contribution in [2.45, 2.75) is 74.7 Å². The van der Waals surface area contributed by atoms with E-state index in [-0.39, 0.29) is 35.8 Å². The van der Waals surface area contributed by atoms with Crippen molar-refractivity contribution in [1.29, 1.82) is 0 Å². The van der Waals surface area contributed by atoms with Crippen LogP contribution in [0.15, 0.2) is 42.5 Å². The second kappa shape index (κ2) is 7.51. The molecular formula is C31H36N2O4. The number of hydrogen-bond donors (Lipinski definition) is 2. The van der Waals surface area contributed by atoms with Gasteiger partial charge in [-0.25, -0.2) is 0 Å². The Labute approximate surface area is 218 Å². The van der Waals surface area contributed by atoms with E-state index in [1.165, 1.54) is 18.4 Å². The summed E-state index contributed by atoms with van der Waals surface area (Å²) in [5.74, 6) is 1.98. The predicted molar refractivity (Wildman–Crippen MR) is 138 cm³/mol. The lowest BCUT2D eigenvalue weighted by Crippen LogP contribution is -2.92. The number of aliphatic hydroxyl groups is 1. The molecule has 2 unspecified atom stereocenters. The Kier molecular flexibility index (Phi) is 4.55. The molecule has 1 spiro atoms. The van der Waals surface area contributed by atoms with Gasteiger partial charge in [-0.2, -0.15) is 0 Å². The number of phenols is 1. The lowest BCUT2D eigenvalue weighted by Gasteiger charge is -2.78. The van der Waals surface area contributed by atoms with Gasteiger partial charge in [-0.15, -0.1) is 0 Å². The smallest absolute Gasteiger partial charge is 0.226 e. The Morgan fingerprint density at radius 3 is 2.68 bits per heavy atom. The summed E-state index contributed by atoms with van der Waals surface area (Å²) in [6.45, 7) is 4.87. The largest absolute Gasteiger partial charge is 0.504 e. The third kappa shape index (κ3) is 2.76. The van der Waals surface area contributed by atoms with E-state index in [4.69, 9.17) is 4.74 Å². The summed E-state index contributed by atoms with van der Waals surface area (Å²) in [5, 5.41) is 23.4. The van der Waals surface area contributed by atoms with Gasteiger partial charge in [-0.05, 0) is 68.6 Å². The first-order valence-corrected chi connectivity index (χ1v) is 14.2. The number of piperidine rings is 1. The number of fused-ring (bicyclic) bond motifs is 3. The molecule has 6 aliphatic rings. The van der Waals surface area contributed by atoms with Gasteiger partial charge >= 0.3 is 0 Å². The summed E-state index contributed by atoms with van der Waals surface area (Å²) in [6, 6.07) is 14.0. The molecule has 3 heterocycles. The van der Waals surface area contributed by atoms with Gasteiger partial charge in [0, 0.05) is 43.1 Å². The maximum atomic E-state index is 13.8. The molecule has 5 fully saturated rings. The fourth-order valence-electron chi connectivity index (χ4n) is 9.18. The normalized spacial score (nSPS) is 39.7. The number of benzene rings is 2. The summed E-state index contributed by atoms with van der Waals surface area (Å²) in [6.07, 6.45) is 5.32. The van der Waals surface area contributed by atoms with Crippen molar-refractivity contribution in [2.75, 3.05) is 19.6 Å². The third-order valence-electron chi connectivity index (χ3n) is 10.9. The maximum absolute atomic E-state index is 13.8. The van der Waals surface area contributed by atoms with Gasteiger partial charge < -0.3 is 19.8 Å². The number of ether oxygens (including phenoxy) is 1. The van der Waals surface area contributed by atoms with Crippen molar-refractivity contribution in [1.82, 2.24) is 9.80 Å². The van der Waals surface area contributed by atoms with Crippen LogP contribution in [-0.4, -0.2) is 69.3 Å². The van der Waals surface area contributed by atoms with E-state index >= 15 is 0 Å². The molecule has 3 saturated carbocycles. The van der Waals surface area contributed by atoms with E-state index in [9.17, 15) is 15.0 Å². The number of nitrogens with zero attached hydrogens (tertiary/aromatic N) is 2. The quantitative estimate of drug-likeness (QED) is 0.658. The lowest BCUT2D eigenvalue weighted by molar-refractivity contribution is -0.321. The van der Waals surface area contributed by atoms with Crippen LogP contribution in [0.2, 0.25) is 0 Å². The van der Waals surface area contributed by atoms with Crippen molar-refractivity contribution in [3.05, 3.63) is 59.2 Å². The number of rotatable bonds is 5. The van der Waals surface area contributed by atoms with Crippen LogP contribution < -0.4 is 4.74 Å². The lowest BCUT2D eigenvalue weighted by atomic mass is 9.35. The SMILES string of the molecule is Cc1ccc(O)c2c1[C@]13C4CN(CC5CC5)[C@H]4[C@]1(O)CC[C@H](N1CCC(Cc4ccccc4)C1=O)[C@@H]3O2. The minimum atomic E-state index is -0.887. The van der Waals surface area contributed by atoms with Crippen LogP contribution in [0.4, 0.5) is 0 Å². The average molecular weight is 501 g/mol. The zero-order valence-electron chi connectivity index (χ0n) is 21.5. The Bertz CT molecular complexity index is 1280. The molecule has 2 aromatic carbocycles. The first-order chi connectivity index (χ1) is 17.9. The average Bonchev–Trinajstić information content (AvgIpc) is 3.52. The molecule has 0 bridgehead atoms. The van der Waals surface area contributed by atoms with E-state index in [0.29, 0.717) is 18.1 Å². The van der Waals surface area contributed by atoms with Gasteiger partial charge in [-0.1, -0.05) is 36.4 Å². The summed E-state index contributed by atoms with van der Waals surface area (Å²) in [7, 11) is 0. The fourth-order valence-corrected chi connectivity index (χ4v) is 9.18. The number of carbonyl (C=O) groups excluding carboxylic acids is 1. The number of aryl methyl sites for hydroxylation is 1. The fraction of sp³-hybridized carbons (Fsp3) is 0.581. The molecule has 3 aliphatic heterocycles. The highest BCUT2D eigenvalue weighted by Gasteiger charge is 2.85. The van der Waals surface area contributed by atoms with Crippen LogP contribution >= 0.6 is 0 Å². The van der Waals surface area contributed by atoms with Gasteiger partial charge in [0.1, 0.15) is 6.10 Å². The summed E-state index contributed by atoms with van der Waals surface area (Å²) in [5.41, 5.74) is 1.83. The molecule has 194 valence electrons. The summed E-state index contributed by atoms with van der Waals surface area (Å²) >= 11 is 0. The molecule has 3 aliphatic carbocycles. The maximum Gasteiger partial charge on any atom is 0.226 e. The minimum Gasteiger partial charge on any atom is -0.504 e. The summed E-state index contributed by atoms with van der Waals surface area (Å²) in [4.78, 5) is 18.4. The molecule has 6 nitrogen and oxygen atoms in total. The molecule has 0 radical (unpaired) electrons. The van der Waals surface area contributed by atoms with Crippen LogP contribution in [0, 0.1) is 24.7 Å². The van der Waals surface area contributed by atoms with E-state index in [2.05, 4.69) is 28.9 Å². The van der Waals surface area contributed by atoms with E-state index in [1.54, 1.807) is 6.07 Å². The number of amides is 1. The Hall–Kier alpha value is -2.57. The number of carbonyl (C=O) groups is 1.